The van der Waals surface area contributed by atoms with Gasteiger partial charge in [-0.15, -0.1) is 0 Å². The van der Waals surface area contributed by atoms with E-state index in [-0.39, 0.29) is 5.75 Å². The standard InChI is InChI=1S/C16H18F2N2O2/c1-21-14-5-4-13(9-15(14)22-16(17)18)11-20-8-6-12-3-2-7-19-10-12/h2-5,7,9-10,16,20H,6,8,11H2,1H3. The third kappa shape index (κ3) is 4.96. The molecule has 1 aromatic carbocycles. The zero-order chi connectivity index (χ0) is 15.8. The molecule has 0 bridgehead atoms. The van der Waals surface area contributed by atoms with Gasteiger partial charge in [-0.3, -0.25) is 4.98 Å². The Morgan fingerprint density at radius 3 is 2.73 bits per heavy atom. The summed E-state index contributed by atoms with van der Waals surface area (Å²) < 4.78 is 34.2. The Bertz CT molecular complexity index is 580. The highest BCUT2D eigenvalue weighted by Crippen LogP contribution is 2.29. The van der Waals surface area contributed by atoms with Crippen LogP contribution in [0, 0.1) is 0 Å². The Morgan fingerprint density at radius 2 is 2.05 bits per heavy atom. The van der Waals surface area contributed by atoms with Gasteiger partial charge in [0.25, 0.3) is 0 Å². The molecule has 1 N–H and O–H groups in total. The van der Waals surface area contributed by atoms with Crippen LogP contribution in [-0.4, -0.2) is 25.3 Å². The summed E-state index contributed by atoms with van der Waals surface area (Å²) >= 11 is 0. The number of pyridine rings is 1. The number of methoxy groups -OCH3 is 1. The molecule has 0 amide bonds. The van der Waals surface area contributed by atoms with Crippen LogP contribution in [-0.2, 0) is 13.0 Å². The maximum atomic E-state index is 12.4. The van der Waals surface area contributed by atoms with E-state index >= 15 is 0 Å². The second kappa shape index (κ2) is 8.29. The molecule has 2 rings (SSSR count). The molecule has 6 heteroatoms. The summed E-state index contributed by atoms with van der Waals surface area (Å²) in [7, 11) is 1.42. The first-order valence-electron chi connectivity index (χ1n) is 6.90. The summed E-state index contributed by atoms with van der Waals surface area (Å²) in [5.74, 6) is 0.337. The first kappa shape index (κ1) is 16.2. The van der Waals surface area contributed by atoms with Crippen molar-refractivity contribution in [3.63, 3.8) is 0 Å². The Hall–Kier alpha value is -2.21. The summed E-state index contributed by atoms with van der Waals surface area (Å²) in [6.45, 7) is -1.55. The number of ether oxygens (including phenoxy) is 2. The summed E-state index contributed by atoms with van der Waals surface area (Å²) in [4.78, 5) is 4.05. The van der Waals surface area contributed by atoms with Gasteiger partial charge >= 0.3 is 6.61 Å². The van der Waals surface area contributed by atoms with Gasteiger partial charge in [-0.2, -0.15) is 8.78 Å². The quantitative estimate of drug-likeness (QED) is 0.761. The molecule has 0 saturated heterocycles. The van der Waals surface area contributed by atoms with Crippen molar-refractivity contribution >= 4 is 0 Å². The van der Waals surface area contributed by atoms with Crippen molar-refractivity contribution in [3.05, 3.63) is 53.9 Å². The lowest BCUT2D eigenvalue weighted by Crippen LogP contribution is -2.17. The summed E-state index contributed by atoms with van der Waals surface area (Å²) in [5, 5.41) is 3.26. The van der Waals surface area contributed by atoms with E-state index in [0.29, 0.717) is 12.3 Å². The van der Waals surface area contributed by atoms with Gasteiger partial charge in [0.2, 0.25) is 0 Å². The zero-order valence-corrected chi connectivity index (χ0v) is 12.3. The Morgan fingerprint density at radius 1 is 1.18 bits per heavy atom. The van der Waals surface area contributed by atoms with Crippen molar-refractivity contribution in [1.29, 1.82) is 0 Å². The van der Waals surface area contributed by atoms with E-state index < -0.39 is 6.61 Å². The van der Waals surface area contributed by atoms with Crippen molar-refractivity contribution in [2.45, 2.75) is 19.6 Å². The minimum atomic E-state index is -2.87. The van der Waals surface area contributed by atoms with Crippen LogP contribution in [0.25, 0.3) is 0 Å². The van der Waals surface area contributed by atoms with Gasteiger partial charge in [0.1, 0.15) is 0 Å². The molecule has 0 aliphatic carbocycles. The van der Waals surface area contributed by atoms with Crippen LogP contribution in [0.1, 0.15) is 11.1 Å². The van der Waals surface area contributed by atoms with Crippen LogP contribution >= 0.6 is 0 Å². The van der Waals surface area contributed by atoms with E-state index in [1.54, 1.807) is 18.3 Å². The molecule has 4 nitrogen and oxygen atoms in total. The third-order valence-corrected chi connectivity index (χ3v) is 3.09. The lowest BCUT2D eigenvalue weighted by atomic mass is 10.2. The first-order valence-corrected chi connectivity index (χ1v) is 6.90. The van der Waals surface area contributed by atoms with Gasteiger partial charge in [0.15, 0.2) is 11.5 Å². The minimum absolute atomic E-state index is 0.0454. The predicted molar refractivity (Wildman–Crippen MR) is 79.3 cm³/mol. The molecule has 2 aromatic rings. The monoisotopic (exact) mass is 308 g/mol. The molecular weight excluding hydrogens is 290 g/mol. The molecule has 1 aromatic heterocycles. The molecule has 0 aliphatic heterocycles. The number of hydrogen-bond donors (Lipinski definition) is 1. The topological polar surface area (TPSA) is 43.4 Å². The number of halogens is 2. The molecule has 22 heavy (non-hydrogen) atoms. The molecule has 0 saturated carbocycles. The van der Waals surface area contributed by atoms with E-state index in [9.17, 15) is 8.78 Å². The number of benzene rings is 1. The van der Waals surface area contributed by atoms with E-state index in [1.165, 1.54) is 7.11 Å². The number of aromatic nitrogens is 1. The van der Waals surface area contributed by atoms with E-state index in [4.69, 9.17) is 4.74 Å². The first-order chi connectivity index (χ1) is 10.7. The average molecular weight is 308 g/mol. The molecule has 0 atom stereocenters. The fourth-order valence-corrected chi connectivity index (χ4v) is 2.03. The van der Waals surface area contributed by atoms with Crippen molar-refractivity contribution in [1.82, 2.24) is 10.3 Å². The summed E-state index contributed by atoms with van der Waals surface area (Å²) in [5.41, 5.74) is 1.99. The highest BCUT2D eigenvalue weighted by Gasteiger charge is 2.11. The van der Waals surface area contributed by atoms with Crippen LogP contribution in [0.3, 0.4) is 0 Å². The maximum Gasteiger partial charge on any atom is 0.387 e. The minimum Gasteiger partial charge on any atom is -0.493 e. The van der Waals surface area contributed by atoms with Crippen LogP contribution in [0.5, 0.6) is 11.5 Å². The van der Waals surface area contributed by atoms with E-state index in [1.807, 2.05) is 24.4 Å². The smallest absolute Gasteiger partial charge is 0.387 e. The van der Waals surface area contributed by atoms with Gasteiger partial charge in [-0.05, 0) is 42.3 Å². The van der Waals surface area contributed by atoms with Crippen LogP contribution in [0.4, 0.5) is 8.78 Å². The predicted octanol–water partition coefficient (Wildman–Crippen LogP) is 3.02. The number of hydrogen-bond acceptors (Lipinski definition) is 4. The van der Waals surface area contributed by atoms with Gasteiger partial charge in [-0.25, -0.2) is 0 Å². The molecule has 118 valence electrons. The van der Waals surface area contributed by atoms with Crippen molar-refractivity contribution in [3.8, 4) is 11.5 Å². The van der Waals surface area contributed by atoms with E-state index in [0.717, 1.165) is 24.1 Å². The second-order valence-corrected chi connectivity index (χ2v) is 4.65. The van der Waals surface area contributed by atoms with Crippen LogP contribution in [0.15, 0.2) is 42.7 Å². The fourth-order valence-electron chi connectivity index (χ4n) is 2.03. The summed E-state index contributed by atoms with van der Waals surface area (Å²) in [6.07, 6.45) is 4.41. The average Bonchev–Trinajstić information content (AvgIpc) is 2.52. The molecule has 0 radical (unpaired) electrons. The third-order valence-electron chi connectivity index (χ3n) is 3.09. The van der Waals surface area contributed by atoms with Gasteiger partial charge in [-0.1, -0.05) is 12.1 Å². The van der Waals surface area contributed by atoms with E-state index in [2.05, 4.69) is 15.0 Å². The van der Waals surface area contributed by atoms with Crippen LogP contribution in [0.2, 0.25) is 0 Å². The van der Waals surface area contributed by atoms with Gasteiger partial charge in [0.05, 0.1) is 7.11 Å². The largest absolute Gasteiger partial charge is 0.493 e. The molecular formula is C16H18F2N2O2. The Kier molecular flexibility index (Phi) is 6.09. The number of nitrogens with zero attached hydrogens (tertiary/aromatic N) is 1. The number of rotatable bonds is 8. The van der Waals surface area contributed by atoms with Gasteiger partial charge < -0.3 is 14.8 Å². The normalized spacial score (nSPS) is 10.7. The molecule has 0 unspecified atom stereocenters. The van der Waals surface area contributed by atoms with Crippen molar-refractivity contribution < 1.29 is 18.3 Å². The summed E-state index contributed by atoms with van der Waals surface area (Å²) in [6, 6.07) is 8.90. The maximum absolute atomic E-state index is 12.4. The lowest BCUT2D eigenvalue weighted by Gasteiger charge is -2.12. The fraction of sp³-hybridized carbons (Fsp3) is 0.312. The molecule has 0 fully saturated rings. The van der Waals surface area contributed by atoms with Crippen molar-refractivity contribution in [2.24, 2.45) is 0 Å². The number of alkyl halides is 2. The molecule has 0 aliphatic rings. The van der Waals surface area contributed by atoms with Crippen molar-refractivity contribution in [2.75, 3.05) is 13.7 Å². The number of nitrogens with one attached hydrogen (secondary N) is 1. The molecule has 1 heterocycles. The lowest BCUT2D eigenvalue weighted by molar-refractivity contribution is -0.0512. The van der Waals surface area contributed by atoms with Crippen LogP contribution < -0.4 is 14.8 Å². The SMILES string of the molecule is COc1ccc(CNCCc2cccnc2)cc1OC(F)F. The highest BCUT2D eigenvalue weighted by atomic mass is 19.3. The Labute approximate surface area is 128 Å². The molecule has 0 spiro atoms. The Balaban J connectivity index is 1.87. The second-order valence-electron chi connectivity index (χ2n) is 4.65. The van der Waals surface area contributed by atoms with Gasteiger partial charge in [0, 0.05) is 18.9 Å². The highest BCUT2D eigenvalue weighted by molar-refractivity contribution is 5.43. The zero-order valence-electron chi connectivity index (χ0n) is 12.3.